The molecule has 0 aliphatic heterocycles. The van der Waals surface area contributed by atoms with Gasteiger partial charge in [0.2, 0.25) is 0 Å². The zero-order valence-electron chi connectivity index (χ0n) is 11.8. The van der Waals surface area contributed by atoms with E-state index in [1.807, 2.05) is 36.4 Å². The molecule has 0 bridgehead atoms. The number of ether oxygens (including phenoxy) is 2. The van der Waals surface area contributed by atoms with Crippen LogP contribution in [0.2, 0.25) is 0 Å². The Kier molecular flexibility index (Phi) is 4.90. The highest BCUT2D eigenvalue weighted by molar-refractivity contribution is 9.10. The second-order valence-corrected chi connectivity index (χ2v) is 5.34. The standard InChI is InChI=1S/C16H18BrNO2/c1-11(12-5-4-6-13(9-12)19-2)18-16-10-14(20-3)7-8-15(16)17/h4-11,18H,1-3H3. The van der Waals surface area contributed by atoms with Gasteiger partial charge in [0.05, 0.1) is 19.9 Å². The Morgan fingerprint density at radius 2 is 1.70 bits per heavy atom. The summed E-state index contributed by atoms with van der Waals surface area (Å²) in [7, 11) is 3.34. The van der Waals surface area contributed by atoms with Crippen LogP contribution in [0.3, 0.4) is 0 Å². The molecule has 0 spiro atoms. The van der Waals surface area contributed by atoms with Crippen molar-refractivity contribution in [3.05, 3.63) is 52.5 Å². The van der Waals surface area contributed by atoms with Gasteiger partial charge in [-0.25, -0.2) is 0 Å². The molecular weight excluding hydrogens is 318 g/mol. The predicted octanol–water partition coefficient (Wildman–Crippen LogP) is 4.64. The molecule has 0 saturated heterocycles. The van der Waals surface area contributed by atoms with Gasteiger partial charge in [0, 0.05) is 16.6 Å². The van der Waals surface area contributed by atoms with Gasteiger partial charge in [-0.15, -0.1) is 0 Å². The molecule has 0 saturated carbocycles. The molecule has 0 radical (unpaired) electrons. The van der Waals surface area contributed by atoms with Gasteiger partial charge in [0.15, 0.2) is 0 Å². The fourth-order valence-corrected chi connectivity index (χ4v) is 2.33. The topological polar surface area (TPSA) is 30.5 Å². The molecule has 0 heterocycles. The number of nitrogens with one attached hydrogen (secondary N) is 1. The minimum Gasteiger partial charge on any atom is -0.497 e. The molecule has 106 valence electrons. The van der Waals surface area contributed by atoms with E-state index in [4.69, 9.17) is 9.47 Å². The van der Waals surface area contributed by atoms with Crippen LogP contribution in [0.25, 0.3) is 0 Å². The lowest BCUT2D eigenvalue weighted by Crippen LogP contribution is -2.07. The van der Waals surface area contributed by atoms with Gasteiger partial charge < -0.3 is 14.8 Å². The lowest BCUT2D eigenvalue weighted by molar-refractivity contribution is 0.414. The minimum absolute atomic E-state index is 0.161. The van der Waals surface area contributed by atoms with Gasteiger partial charge in [-0.2, -0.15) is 0 Å². The first-order chi connectivity index (χ1) is 9.63. The van der Waals surface area contributed by atoms with E-state index in [0.29, 0.717) is 0 Å². The van der Waals surface area contributed by atoms with Crippen molar-refractivity contribution in [3.63, 3.8) is 0 Å². The molecule has 2 rings (SSSR count). The Balaban J connectivity index is 2.20. The van der Waals surface area contributed by atoms with Gasteiger partial charge in [-0.05, 0) is 52.7 Å². The molecule has 4 heteroatoms. The van der Waals surface area contributed by atoms with Gasteiger partial charge in [0.25, 0.3) is 0 Å². The normalized spacial score (nSPS) is 11.8. The summed E-state index contributed by atoms with van der Waals surface area (Å²) in [5.41, 5.74) is 2.17. The molecule has 1 atom stereocenters. The molecular formula is C16H18BrNO2. The molecule has 0 aliphatic rings. The Morgan fingerprint density at radius 3 is 2.40 bits per heavy atom. The van der Waals surface area contributed by atoms with Gasteiger partial charge in [-0.3, -0.25) is 0 Å². The number of anilines is 1. The SMILES string of the molecule is COc1cccc(C(C)Nc2cc(OC)ccc2Br)c1. The molecule has 2 aromatic carbocycles. The van der Waals surface area contributed by atoms with E-state index in [-0.39, 0.29) is 6.04 Å². The predicted molar refractivity (Wildman–Crippen MR) is 85.7 cm³/mol. The molecule has 0 amide bonds. The van der Waals surface area contributed by atoms with Crippen LogP contribution in [0.5, 0.6) is 11.5 Å². The van der Waals surface area contributed by atoms with E-state index in [2.05, 4.69) is 34.2 Å². The summed E-state index contributed by atoms with van der Waals surface area (Å²) < 4.78 is 11.5. The van der Waals surface area contributed by atoms with E-state index in [1.54, 1.807) is 14.2 Å². The fourth-order valence-electron chi connectivity index (χ4n) is 1.97. The van der Waals surface area contributed by atoms with E-state index in [0.717, 1.165) is 21.7 Å². The number of methoxy groups -OCH3 is 2. The largest absolute Gasteiger partial charge is 0.497 e. The summed E-state index contributed by atoms with van der Waals surface area (Å²) in [4.78, 5) is 0. The molecule has 0 fully saturated rings. The lowest BCUT2D eigenvalue weighted by Gasteiger charge is -2.18. The molecule has 0 aliphatic carbocycles. The van der Waals surface area contributed by atoms with Crippen molar-refractivity contribution >= 4 is 21.6 Å². The average Bonchev–Trinajstić information content (AvgIpc) is 2.49. The van der Waals surface area contributed by atoms with Crippen molar-refractivity contribution < 1.29 is 9.47 Å². The quantitative estimate of drug-likeness (QED) is 0.863. The van der Waals surface area contributed by atoms with Crippen LogP contribution in [-0.4, -0.2) is 14.2 Å². The van der Waals surface area contributed by atoms with Crippen molar-refractivity contribution in [2.24, 2.45) is 0 Å². The van der Waals surface area contributed by atoms with Crippen molar-refractivity contribution in [1.82, 2.24) is 0 Å². The monoisotopic (exact) mass is 335 g/mol. The van der Waals surface area contributed by atoms with E-state index < -0.39 is 0 Å². The maximum Gasteiger partial charge on any atom is 0.121 e. The Bertz CT molecular complexity index is 586. The van der Waals surface area contributed by atoms with E-state index >= 15 is 0 Å². The van der Waals surface area contributed by atoms with Gasteiger partial charge in [0.1, 0.15) is 11.5 Å². The zero-order valence-corrected chi connectivity index (χ0v) is 13.4. The number of rotatable bonds is 5. The van der Waals surface area contributed by atoms with Crippen LogP contribution in [0.15, 0.2) is 46.9 Å². The summed E-state index contributed by atoms with van der Waals surface area (Å²) in [6.07, 6.45) is 0. The Labute approximate surface area is 128 Å². The van der Waals surface area contributed by atoms with Gasteiger partial charge in [-0.1, -0.05) is 12.1 Å². The fraction of sp³-hybridized carbons (Fsp3) is 0.250. The lowest BCUT2D eigenvalue weighted by atomic mass is 10.1. The summed E-state index contributed by atoms with van der Waals surface area (Å²) in [6.45, 7) is 2.11. The van der Waals surface area contributed by atoms with Crippen molar-refractivity contribution in [3.8, 4) is 11.5 Å². The van der Waals surface area contributed by atoms with Crippen molar-refractivity contribution in [1.29, 1.82) is 0 Å². The number of halogens is 1. The van der Waals surface area contributed by atoms with Crippen molar-refractivity contribution in [2.75, 3.05) is 19.5 Å². The number of benzene rings is 2. The van der Waals surface area contributed by atoms with Crippen LogP contribution >= 0.6 is 15.9 Å². The molecule has 20 heavy (non-hydrogen) atoms. The third-order valence-electron chi connectivity index (χ3n) is 3.14. The molecule has 0 aromatic heterocycles. The first kappa shape index (κ1) is 14.7. The third kappa shape index (κ3) is 3.45. The summed E-state index contributed by atoms with van der Waals surface area (Å²) in [5, 5.41) is 3.47. The van der Waals surface area contributed by atoms with Crippen LogP contribution in [0, 0.1) is 0 Å². The Morgan fingerprint density at radius 1 is 1.00 bits per heavy atom. The Hall–Kier alpha value is -1.68. The summed E-state index contributed by atoms with van der Waals surface area (Å²) >= 11 is 3.55. The van der Waals surface area contributed by atoms with Crippen molar-refractivity contribution in [2.45, 2.75) is 13.0 Å². The van der Waals surface area contributed by atoms with E-state index in [1.165, 1.54) is 5.56 Å². The molecule has 1 unspecified atom stereocenters. The van der Waals surface area contributed by atoms with Gasteiger partial charge >= 0.3 is 0 Å². The molecule has 2 aromatic rings. The smallest absolute Gasteiger partial charge is 0.121 e. The number of hydrogen-bond donors (Lipinski definition) is 1. The molecule has 1 N–H and O–H groups in total. The van der Waals surface area contributed by atoms with Crippen LogP contribution in [-0.2, 0) is 0 Å². The first-order valence-electron chi connectivity index (χ1n) is 6.38. The van der Waals surface area contributed by atoms with Crippen LogP contribution < -0.4 is 14.8 Å². The second kappa shape index (κ2) is 6.66. The highest BCUT2D eigenvalue weighted by atomic mass is 79.9. The number of hydrogen-bond acceptors (Lipinski definition) is 3. The highest BCUT2D eigenvalue weighted by Gasteiger charge is 2.09. The van der Waals surface area contributed by atoms with E-state index in [9.17, 15) is 0 Å². The van der Waals surface area contributed by atoms with Crippen LogP contribution in [0.4, 0.5) is 5.69 Å². The third-order valence-corrected chi connectivity index (χ3v) is 3.83. The first-order valence-corrected chi connectivity index (χ1v) is 7.17. The zero-order chi connectivity index (χ0) is 14.5. The summed E-state index contributed by atoms with van der Waals surface area (Å²) in [6, 6.07) is 14.1. The minimum atomic E-state index is 0.161. The highest BCUT2D eigenvalue weighted by Crippen LogP contribution is 2.30. The maximum absolute atomic E-state index is 5.26. The van der Waals surface area contributed by atoms with Crippen LogP contribution in [0.1, 0.15) is 18.5 Å². The molecule has 3 nitrogen and oxygen atoms in total. The second-order valence-electron chi connectivity index (χ2n) is 4.49. The maximum atomic E-state index is 5.26. The summed E-state index contributed by atoms with van der Waals surface area (Å²) in [5.74, 6) is 1.69. The average molecular weight is 336 g/mol.